The standard InChI is InChI=1S/C22H33N3O3S/c1-17(2)16-28-22(27)24-11-6-10-23(13-14-24)15-21(26)25-12-9-18(3)29-20-8-5-4-7-19(20)25/h4-5,7-8,17-18H,6,9-16H2,1-3H3. The van der Waals surface area contributed by atoms with E-state index in [1.807, 2.05) is 48.7 Å². The van der Waals surface area contributed by atoms with Gasteiger partial charge in [-0.25, -0.2) is 4.79 Å². The molecular weight excluding hydrogens is 386 g/mol. The number of hydrogen-bond acceptors (Lipinski definition) is 5. The third kappa shape index (κ3) is 6.12. The first-order valence-electron chi connectivity index (χ1n) is 10.6. The molecule has 1 aromatic rings. The fourth-order valence-electron chi connectivity index (χ4n) is 3.66. The zero-order valence-corrected chi connectivity index (χ0v) is 18.6. The number of ether oxygens (including phenoxy) is 1. The summed E-state index contributed by atoms with van der Waals surface area (Å²) in [5.41, 5.74) is 1.03. The number of para-hydroxylation sites is 1. The molecule has 2 amide bonds. The average molecular weight is 420 g/mol. The Labute approximate surface area is 178 Å². The molecular formula is C22H33N3O3S. The van der Waals surface area contributed by atoms with E-state index in [1.54, 1.807) is 4.90 Å². The van der Waals surface area contributed by atoms with Gasteiger partial charge in [0.15, 0.2) is 0 Å². The highest BCUT2D eigenvalue weighted by atomic mass is 32.2. The van der Waals surface area contributed by atoms with Crippen molar-refractivity contribution in [3.05, 3.63) is 24.3 Å². The summed E-state index contributed by atoms with van der Waals surface area (Å²) >= 11 is 1.85. The number of anilines is 1. The summed E-state index contributed by atoms with van der Waals surface area (Å²) in [5.74, 6) is 0.473. The van der Waals surface area contributed by atoms with E-state index in [0.29, 0.717) is 44.0 Å². The summed E-state index contributed by atoms with van der Waals surface area (Å²) in [4.78, 5) is 32.5. The number of benzene rings is 1. The summed E-state index contributed by atoms with van der Waals surface area (Å²) in [7, 11) is 0. The van der Waals surface area contributed by atoms with E-state index < -0.39 is 0 Å². The Balaban J connectivity index is 1.58. The van der Waals surface area contributed by atoms with Gasteiger partial charge in [0.2, 0.25) is 5.91 Å². The molecule has 0 saturated carbocycles. The van der Waals surface area contributed by atoms with Crippen molar-refractivity contribution in [3.63, 3.8) is 0 Å². The second kappa shape index (κ2) is 10.3. The molecule has 0 aromatic heterocycles. The maximum atomic E-state index is 13.2. The molecule has 0 N–H and O–H groups in total. The van der Waals surface area contributed by atoms with Gasteiger partial charge in [-0.3, -0.25) is 9.69 Å². The minimum atomic E-state index is -0.237. The topological polar surface area (TPSA) is 53.1 Å². The Hall–Kier alpha value is -1.73. The molecule has 0 spiro atoms. The molecule has 7 heteroatoms. The lowest BCUT2D eigenvalue weighted by Gasteiger charge is -2.27. The van der Waals surface area contributed by atoms with Crippen LogP contribution in [0.2, 0.25) is 0 Å². The number of carbonyl (C=O) groups excluding carboxylic acids is 2. The minimum Gasteiger partial charge on any atom is -0.449 e. The first-order chi connectivity index (χ1) is 13.9. The summed E-state index contributed by atoms with van der Waals surface area (Å²) < 4.78 is 5.36. The van der Waals surface area contributed by atoms with E-state index in [2.05, 4.69) is 17.9 Å². The maximum Gasteiger partial charge on any atom is 0.409 e. The molecule has 2 heterocycles. The Bertz CT molecular complexity index is 712. The van der Waals surface area contributed by atoms with Gasteiger partial charge in [0.25, 0.3) is 0 Å². The van der Waals surface area contributed by atoms with Gasteiger partial charge < -0.3 is 14.5 Å². The van der Waals surface area contributed by atoms with Gasteiger partial charge in [-0.05, 0) is 30.9 Å². The maximum absolute atomic E-state index is 13.2. The molecule has 2 aliphatic rings. The Morgan fingerprint density at radius 1 is 1.14 bits per heavy atom. The lowest BCUT2D eigenvalue weighted by Crippen LogP contribution is -2.43. The van der Waals surface area contributed by atoms with Gasteiger partial charge >= 0.3 is 6.09 Å². The lowest BCUT2D eigenvalue weighted by atomic mass is 10.2. The van der Waals surface area contributed by atoms with Crippen LogP contribution in [0.5, 0.6) is 0 Å². The number of hydrogen-bond donors (Lipinski definition) is 0. The van der Waals surface area contributed by atoms with Gasteiger partial charge in [0.1, 0.15) is 0 Å². The second-order valence-corrected chi connectivity index (χ2v) is 9.80. The van der Waals surface area contributed by atoms with E-state index in [4.69, 9.17) is 4.74 Å². The smallest absolute Gasteiger partial charge is 0.409 e. The molecule has 1 aromatic carbocycles. The van der Waals surface area contributed by atoms with Crippen LogP contribution in [0.4, 0.5) is 10.5 Å². The molecule has 6 nitrogen and oxygen atoms in total. The second-order valence-electron chi connectivity index (χ2n) is 8.32. The van der Waals surface area contributed by atoms with Crippen LogP contribution in [0.15, 0.2) is 29.2 Å². The van der Waals surface area contributed by atoms with Gasteiger partial charge in [-0.2, -0.15) is 0 Å². The van der Waals surface area contributed by atoms with Crippen LogP contribution in [0, 0.1) is 5.92 Å². The molecule has 160 valence electrons. The van der Waals surface area contributed by atoms with E-state index in [0.717, 1.165) is 31.6 Å². The zero-order chi connectivity index (χ0) is 20.8. The fraction of sp³-hybridized carbons (Fsp3) is 0.636. The van der Waals surface area contributed by atoms with E-state index in [-0.39, 0.29) is 12.0 Å². The van der Waals surface area contributed by atoms with Crippen molar-refractivity contribution in [1.29, 1.82) is 0 Å². The summed E-state index contributed by atoms with van der Waals surface area (Å²) in [6.45, 7) is 10.7. The first-order valence-corrected chi connectivity index (χ1v) is 11.5. The summed E-state index contributed by atoms with van der Waals surface area (Å²) in [6.07, 6.45) is 1.60. The average Bonchev–Trinajstić information content (AvgIpc) is 3.02. The number of nitrogens with zero attached hydrogens (tertiary/aromatic N) is 3. The highest BCUT2D eigenvalue weighted by Crippen LogP contribution is 2.37. The third-order valence-electron chi connectivity index (χ3n) is 5.29. The van der Waals surface area contributed by atoms with Crippen LogP contribution in [0.1, 0.15) is 33.6 Å². The monoisotopic (exact) mass is 419 g/mol. The quantitative estimate of drug-likeness (QED) is 0.745. The number of rotatable bonds is 4. The molecule has 1 unspecified atom stereocenters. The van der Waals surface area contributed by atoms with Crippen LogP contribution in [0.25, 0.3) is 0 Å². The molecule has 0 aliphatic carbocycles. The minimum absolute atomic E-state index is 0.142. The van der Waals surface area contributed by atoms with Crippen LogP contribution in [-0.4, -0.2) is 72.9 Å². The van der Waals surface area contributed by atoms with Crippen LogP contribution in [-0.2, 0) is 9.53 Å². The van der Waals surface area contributed by atoms with Crippen molar-refractivity contribution in [3.8, 4) is 0 Å². The molecule has 1 atom stereocenters. The van der Waals surface area contributed by atoms with Crippen molar-refractivity contribution in [2.45, 2.75) is 43.8 Å². The van der Waals surface area contributed by atoms with Crippen molar-refractivity contribution < 1.29 is 14.3 Å². The first kappa shape index (κ1) is 22.0. The summed E-state index contributed by atoms with van der Waals surface area (Å²) in [6, 6.07) is 8.19. The van der Waals surface area contributed by atoms with E-state index >= 15 is 0 Å². The van der Waals surface area contributed by atoms with Crippen molar-refractivity contribution in [1.82, 2.24) is 9.80 Å². The molecule has 29 heavy (non-hydrogen) atoms. The number of carbonyl (C=O) groups is 2. The normalized spacial score (nSPS) is 20.8. The SMILES string of the molecule is CC(C)COC(=O)N1CCCN(CC(=O)N2CCC(C)Sc3ccccc32)CC1. The molecule has 0 radical (unpaired) electrons. The molecule has 3 rings (SSSR count). The Morgan fingerprint density at radius 2 is 1.93 bits per heavy atom. The fourth-order valence-corrected chi connectivity index (χ4v) is 4.78. The van der Waals surface area contributed by atoms with Crippen LogP contribution < -0.4 is 4.90 Å². The molecule has 0 bridgehead atoms. The van der Waals surface area contributed by atoms with Gasteiger partial charge in [0.05, 0.1) is 18.8 Å². The third-order valence-corrected chi connectivity index (χ3v) is 6.53. The van der Waals surface area contributed by atoms with Crippen LogP contribution in [0.3, 0.4) is 0 Å². The predicted octanol–water partition coefficient (Wildman–Crippen LogP) is 3.70. The van der Waals surface area contributed by atoms with E-state index in [9.17, 15) is 9.59 Å². The highest BCUT2D eigenvalue weighted by molar-refractivity contribution is 8.00. The Kier molecular flexibility index (Phi) is 7.84. The summed E-state index contributed by atoms with van der Waals surface area (Å²) in [5, 5.41) is 0.498. The highest BCUT2D eigenvalue weighted by Gasteiger charge is 2.27. The van der Waals surface area contributed by atoms with Gasteiger partial charge in [0, 0.05) is 42.9 Å². The molecule has 2 aliphatic heterocycles. The van der Waals surface area contributed by atoms with Gasteiger partial charge in [-0.15, -0.1) is 11.8 Å². The number of amides is 2. The number of thioether (sulfide) groups is 1. The van der Waals surface area contributed by atoms with Crippen LogP contribution >= 0.6 is 11.8 Å². The predicted molar refractivity (Wildman–Crippen MR) is 118 cm³/mol. The van der Waals surface area contributed by atoms with E-state index in [1.165, 1.54) is 4.90 Å². The van der Waals surface area contributed by atoms with Crippen molar-refractivity contribution in [2.24, 2.45) is 5.92 Å². The van der Waals surface area contributed by atoms with Crippen molar-refractivity contribution in [2.75, 3.05) is 50.8 Å². The molecule has 1 saturated heterocycles. The zero-order valence-electron chi connectivity index (χ0n) is 17.8. The largest absolute Gasteiger partial charge is 0.449 e. The van der Waals surface area contributed by atoms with Crippen molar-refractivity contribution >= 4 is 29.4 Å². The molecule has 1 fully saturated rings. The van der Waals surface area contributed by atoms with Gasteiger partial charge in [-0.1, -0.05) is 32.9 Å². The lowest BCUT2D eigenvalue weighted by molar-refractivity contribution is -0.119. The number of fused-ring (bicyclic) bond motifs is 1. The Morgan fingerprint density at radius 3 is 2.72 bits per heavy atom.